The van der Waals surface area contributed by atoms with Crippen LogP contribution in [0.15, 0.2) is 36.5 Å². The third-order valence-corrected chi connectivity index (χ3v) is 2.45. The number of hydrogen-bond acceptors (Lipinski definition) is 3. The van der Waals surface area contributed by atoms with Crippen LogP contribution in [-0.2, 0) is 0 Å². The lowest BCUT2D eigenvalue weighted by Crippen LogP contribution is -1.93. The summed E-state index contributed by atoms with van der Waals surface area (Å²) < 4.78 is 5.57. The van der Waals surface area contributed by atoms with E-state index in [1.54, 1.807) is 24.4 Å². The molecule has 1 aromatic heterocycles. The van der Waals surface area contributed by atoms with Crippen molar-refractivity contribution >= 4 is 17.3 Å². The molecule has 2 rings (SSSR count). The fourth-order valence-corrected chi connectivity index (χ4v) is 1.41. The van der Waals surface area contributed by atoms with Crippen LogP contribution in [0, 0.1) is 6.92 Å². The summed E-state index contributed by atoms with van der Waals surface area (Å²) in [6, 6.07) is 8.98. The molecule has 2 aromatic rings. The van der Waals surface area contributed by atoms with Crippen molar-refractivity contribution in [2.24, 2.45) is 0 Å². The van der Waals surface area contributed by atoms with Crippen LogP contribution in [0.5, 0.6) is 11.5 Å². The van der Waals surface area contributed by atoms with E-state index in [0.29, 0.717) is 22.2 Å². The van der Waals surface area contributed by atoms with Crippen LogP contribution in [0.4, 0.5) is 5.69 Å². The monoisotopic (exact) mass is 234 g/mol. The van der Waals surface area contributed by atoms with Crippen molar-refractivity contribution < 1.29 is 4.74 Å². The first-order valence-electron chi connectivity index (χ1n) is 4.81. The topological polar surface area (TPSA) is 48.1 Å². The van der Waals surface area contributed by atoms with Gasteiger partial charge >= 0.3 is 0 Å². The van der Waals surface area contributed by atoms with Gasteiger partial charge in [0.1, 0.15) is 5.75 Å². The van der Waals surface area contributed by atoms with E-state index in [2.05, 4.69) is 4.98 Å². The number of nitrogen functional groups attached to an aromatic ring is 1. The van der Waals surface area contributed by atoms with Gasteiger partial charge in [-0.2, -0.15) is 0 Å². The number of benzene rings is 1. The van der Waals surface area contributed by atoms with Crippen molar-refractivity contribution in [1.82, 2.24) is 4.98 Å². The molecule has 0 amide bonds. The van der Waals surface area contributed by atoms with Gasteiger partial charge in [-0.05, 0) is 31.2 Å². The Labute approximate surface area is 98.8 Å². The summed E-state index contributed by atoms with van der Waals surface area (Å²) in [6.45, 7) is 1.91. The molecular weight excluding hydrogens is 224 g/mol. The third kappa shape index (κ3) is 2.25. The number of aryl methyl sites for hydroxylation is 1. The van der Waals surface area contributed by atoms with Crippen molar-refractivity contribution in [1.29, 1.82) is 0 Å². The zero-order chi connectivity index (χ0) is 11.5. The van der Waals surface area contributed by atoms with E-state index < -0.39 is 0 Å². The van der Waals surface area contributed by atoms with Gasteiger partial charge in [0.15, 0.2) is 5.75 Å². The Hall–Kier alpha value is -1.74. The van der Waals surface area contributed by atoms with Gasteiger partial charge in [0.05, 0.1) is 16.9 Å². The van der Waals surface area contributed by atoms with Gasteiger partial charge in [-0.1, -0.05) is 17.7 Å². The number of hydrogen-bond donors (Lipinski definition) is 1. The molecule has 0 saturated heterocycles. The number of rotatable bonds is 2. The second-order valence-electron chi connectivity index (χ2n) is 3.39. The van der Waals surface area contributed by atoms with Crippen LogP contribution in [0.2, 0.25) is 5.02 Å². The second kappa shape index (κ2) is 4.41. The van der Waals surface area contributed by atoms with Gasteiger partial charge in [-0.25, -0.2) is 0 Å². The highest BCUT2D eigenvalue weighted by atomic mass is 35.5. The van der Waals surface area contributed by atoms with E-state index in [0.717, 1.165) is 5.69 Å². The van der Waals surface area contributed by atoms with Crippen molar-refractivity contribution in [3.05, 3.63) is 47.2 Å². The molecule has 0 bridgehead atoms. The predicted molar refractivity (Wildman–Crippen MR) is 64.9 cm³/mol. The lowest BCUT2D eigenvalue weighted by atomic mass is 10.3. The summed E-state index contributed by atoms with van der Waals surface area (Å²) in [4.78, 5) is 4.13. The zero-order valence-electron chi connectivity index (χ0n) is 8.77. The first kappa shape index (κ1) is 10.8. The Morgan fingerprint density at radius 1 is 1.25 bits per heavy atom. The average Bonchev–Trinajstić information content (AvgIpc) is 2.28. The number of nitrogens with two attached hydrogens (primary N) is 1. The summed E-state index contributed by atoms with van der Waals surface area (Å²) in [5.74, 6) is 1.18. The molecule has 16 heavy (non-hydrogen) atoms. The molecule has 2 N–H and O–H groups in total. The first-order valence-corrected chi connectivity index (χ1v) is 5.19. The standard InChI is InChI=1S/C12H11ClN2O/c1-8-5-6-9(7-15-8)16-11-4-2-3-10(13)12(11)14/h2-7H,14H2,1H3. The van der Waals surface area contributed by atoms with Crippen LogP contribution in [0.3, 0.4) is 0 Å². The lowest BCUT2D eigenvalue weighted by Gasteiger charge is -2.08. The summed E-state index contributed by atoms with van der Waals surface area (Å²) >= 11 is 5.88. The van der Waals surface area contributed by atoms with Crippen LogP contribution < -0.4 is 10.5 Å². The molecule has 0 aliphatic heterocycles. The molecule has 0 unspecified atom stereocenters. The molecule has 0 spiro atoms. The molecule has 1 aromatic carbocycles. The highest BCUT2D eigenvalue weighted by Crippen LogP contribution is 2.32. The molecule has 0 fully saturated rings. The number of ether oxygens (including phenoxy) is 1. The largest absolute Gasteiger partial charge is 0.454 e. The van der Waals surface area contributed by atoms with E-state index >= 15 is 0 Å². The molecule has 0 saturated carbocycles. The Morgan fingerprint density at radius 2 is 2.06 bits per heavy atom. The van der Waals surface area contributed by atoms with Gasteiger partial charge in [0.25, 0.3) is 0 Å². The highest BCUT2D eigenvalue weighted by molar-refractivity contribution is 6.33. The Morgan fingerprint density at radius 3 is 2.75 bits per heavy atom. The number of para-hydroxylation sites is 1. The number of halogens is 1. The van der Waals surface area contributed by atoms with Crippen molar-refractivity contribution in [3.8, 4) is 11.5 Å². The molecule has 0 radical (unpaired) electrons. The summed E-state index contributed by atoms with van der Waals surface area (Å²) in [5, 5.41) is 0.484. The smallest absolute Gasteiger partial charge is 0.151 e. The van der Waals surface area contributed by atoms with Gasteiger partial charge in [-0.3, -0.25) is 4.98 Å². The maximum atomic E-state index is 5.88. The third-order valence-electron chi connectivity index (χ3n) is 2.12. The minimum absolute atomic E-state index is 0.435. The normalized spacial score (nSPS) is 10.1. The number of aromatic nitrogens is 1. The van der Waals surface area contributed by atoms with Crippen LogP contribution in [0.1, 0.15) is 5.69 Å². The second-order valence-corrected chi connectivity index (χ2v) is 3.80. The van der Waals surface area contributed by atoms with Crippen LogP contribution in [0.25, 0.3) is 0 Å². The maximum Gasteiger partial charge on any atom is 0.151 e. The number of anilines is 1. The van der Waals surface area contributed by atoms with Gasteiger partial charge in [-0.15, -0.1) is 0 Å². The van der Waals surface area contributed by atoms with E-state index in [1.165, 1.54) is 0 Å². The van der Waals surface area contributed by atoms with E-state index in [9.17, 15) is 0 Å². The lowest BCUT2D eigenvalue weighted by molar-refractivity contribution is 0.482. The minimum Gasteiger partial charge on any atom is -0.454 e. The summed E-state index contributed by atoms with van der Waals surface area (Å²) in [7, 11) is 0. The molecule has 3 nitrogen and oxygen atoms in total. The fourth-order valence-electron chi connectivity index (χ4n) is 1.25. The van der Waals surface area contributed by atoms with Gasteiger partial charge in [0, 0.05) is 5.69 Å². The summed E-state index contributed by atoms with van der Waals surface area (Å²) in [5.41, 5.74) is 7.15. The predicted octanol–water partition coefficient (Wildman–Crippen LogP) is 3.42. The van der Waals surface area contributed by atoms with Crippen molar-refractivity contribution in [3.63, 3.8) is 0 Å². The van der Waals surface area contributed by atoms with Gasteiger partial charge in [0.2, 0.25) is 0 Å². The molecule has 0 aliphatic rings. The van der Waals surface area contributed by atoms with E-state index in [1.807, 2.05) is 19.1 Å². The van der Waals surface area contributed by atoms with Crippen molar-refractivity contribution in [2.45, 2.75) is 6.92 Å². The minimum atomic E-state index is 0.435. The molecule has 1 heterocycles. The van der Waals surface area contributed by atoms with Crippen LogP contribution in [-0.4, -0.2) is 4.98 Å². The SMILES string of the molecule is Cc1ccc(Oc2cccc(Cl)c2N)cn1. The number of nitrogens with zero attached hydrogens (tertiary/aromatic N) is 1. The quantitative estimate of drug-likeness (QED) is 0.810. The van der Waals surface area contributed by atoms with Crippen LogP contribution >= 0.6 is 11.6 Å². The van der Waals surface area contributed by atoms with E-state index in [-0.39, 0.29) is 0 Å². The molecular formula is C12H11ClN2O. The zero-order valence-corrected chi connectivity index (χ0v) is 9.53. The molecule has 82 valence electrons. The molecule has 0 atom stereocenters. The number of pyridine rings is 1. The molecule has 4 heteroatoms. The Kier molecular flexibility index (Phi) is 2.97. The average molecular weight is 235 g/mol. The Bertz CT molecular complexity index is 497. The summed E-state index contributed by atoms with van der Waals surface area (Å²) in [6.07, 6.45) is 1.65. The highest BCUT2D eigenvalue weighted by Gasteiger charge is 2.05. The first-order chi connectivity index (χ1) is 7.66. The Balaban J connectivity index is 2.27. The molecule has 0 aliphatic carbocycles. The maximum absolute atomic E-state index is 5.88. The van der Waals surface area contributed by atoms with Crippen molar-refractivity contribution in [2.75, 3.05) is 5.73 Å². The van der Waals surface area contributed by atoms with E-state index in [4.69, 9.17) is 22.1 Å². The van der Waals surface area contributed by atoms with Gasteiger partial charge < -0.3 is 10.5 Å². The fraction of sp³-hybridized carbons (Fsp3) is 0.0833.